The predicted octanol–water partition coefficient (Wildman–Crippen LogP) is -0.0828. The van der Waals surface area contributed by atoms with Crippen LogP contribution in [0.5, 0.6) is 11.5 Å². The number of benzene rings is 2. The summed E-state index contributed by atoms with van der Waals surface area (Å²) < 4.78 is 2.32. The van der Waals surface area contributed by atoms with Crippen LogP contribution in [0.2, 0.25) is 0 Å². The van der Waals surface area contributed by atoms with Crippen LogP contribution in [0.4, 0.5) is 11.4 Å². The number of nitrogen functional groups attached to an aromatic ring is 2. The van der Waals surface area contributed by atoms with Crippen LogP contribution in [-0.2, 0) is 0 Å². The van der Waals surface area contributed by atoms with Crippen LogP contribution >= 0.6 is 0 Å². The van der Waals surface area contributed by atoms with E-state index in [1.165, 1.54) is 0 Å². The Morgan fingerprint density at radius 1 is 0.765 bits per heavy atom. The van der Waals surface area contributed by atoms with Gasteiger partial charge in [-0.2, -0.15) is 0 Å². The molecule has 4 nitrogen and oxygen atoms in total. The van der Waals surface area contributed by atoms with Gasteiger partial charge < -0.3 is 0 Å². The Labute approximate surface area is 110 Å². The normalized spacial score (nSPS) is 10.4. The van der Waals surface area contributed by atoms with E-state index >= 15 is 0 Å². The van der Waals surface area contributed by atoms with Gasteiger partial charge in [-0.25, -0.2) is 0 Å². The molecule has 0 unspecified atom stereocenters. The Balaban J connectivity index is 2.25. The van der Waals surface area contributed by atoms with Gasteiger partial charge in [0.15, 0.2) is 0 Å². The first kappa shape index (κ1) is 12.0. The maximum absolute atomic E-state index is 9.33. The van der Waals surface area contributed by atoms with Gasteiger partial charge in [-0.15, -0.1) is 0 Å². The summed E-state index contributed by atoms with van der Waals surface area (Å²) in [5, 5.41) is 18.7. The van der Waals surface area contributed by atoms with E-state index in [0.29, 0.717) is 11.4 Å². The summed E-state index contributed by atoms with van der Waals surface area (Å²) in [7, 11) is 0. The molecule has 0 saturated carbocycles. The van der Waals surface area contributed by atoms with Gasteiger partial charge in [0.1, 0.15) is 0 Å². The molecule has 0 aliphatic carbocycles. The summed E-state index contributed by atoms with van der Waals surface area (Å²) in [6, 6.07) is 10.6. The molecule has 0 heterocycles. The molecule has 1 radical (unpaired) electrons. The Morgan fingerprint density at radius 3 is 1.53 bits per heavy atom. The molecular formula is C12H12BiN2O2. The van der Waals surface area contributed by atoms with Gasteiger partial charge in [0.05, 0.1) is 0 Å². The summed E-state index contributed by atoms with van der Waals surface area (Å²) in [4.78, 5) is 0. The van der Waals surface area contributed by atoms with Crippen molar-refractivity contribution in [1.29, 1.82) is 0 Å². The van der Waals surface area contributed by atoms with Gasteiger partial charge in [0.25, 0.3) is 0 Å². The minimum absolute atomic E-state index is 0.111. The topological polar surface area (TPSA) is 92.5 Å². The fraction of sp³-hybridized carbons (Fsp3) is 0. The Kier molecular flexibility index (Phi) is 3.39. The Bertz CT molecular complexity index is 509. The predicted molar refractivity (Wildman–Crippen MR) is 70.1 cm³/mol. The SMILES string of the molecule is Nc1c[c]([Bi][c]2ccc(O)c(N)c2)ccc1O. The van der Waals surface area contributed by atoms with Gasteiger partial charge in [0, 0.05) is 0 Å². The van der Waals surface area contributed by atoms with E-state index in [1.807, 2.05) is 12.1 Å². The molecule has 0 amide bonds. The van der Waals surface area contributed by atoms with Gasteiger partial charge in [0.2, 0.25) is 0 Å². The van der Waals surface area contributed by atoms with Crippen LogP contribution in [-0.4, -0.2) is 33.4 Å². The maximum atomic E-state index is 9.33. The molecule has 0 aliphatic rings. The van der Waals surface area contributed by atoms with Crippen molar-refractivity contribution < 1.29 is 10.2 Å². The van der Waals surface area contributed by atoms with Crippen molar-refractivity contribution in [2.24, 2.45) is 0 Å². The molecule has 2 aromatic rings. The second kappa shape index (κ2) is 4.80. The quantitative estimate of drug-likeness (QED) is 0.308. The van der Waals surface area contributed by atoms with E-state index in [-0.39, 0.29) is 11.5 Å². The number of rotatable bonds is 2. The summed E-state index contributed by atoms with van der Waals surface area (Å²) >= 11 is -1.09. The number of phenolic OH excluding ortho intramolecular Hbond substituents is 2. The standard InChI is InChI=1S/2C6H6NO.Bi/c2*7-5-3-1-2-4-6(5)8;/h2*2-4,8H,7H2;. The van der Waals surface area contributed by atoms with Crippen molar-refractivity contribution in [1.82, 2.24) is 0 Å². The molecular weight excluding hydrogens is 413 g/mol. The fourth-order valence-corrected chi connectivity index (χ4v) is 5.27. The fourth-order valence-electron chi connectivity index (χ4n) is 1.37. The molecule has 0 bridgehead atoms. The number of hydrogen-bond donors (Lipinski definition) is 4. The van der Waals surface area contributed by atoms with Crippen LogP contribution in [0.25, 0.3) is 0 Å². The molecule has 2 aromatic carbocycles. The van der Waals surface area contributed by atoms with Crippen molar-refractivity contribution in [3.8, 4) is 11.5 Å². The van der Waals surface area contributed by atoms with Gasteiger partial charge in [-0.1, -0.05) is 0 Å². The summed E-state index contributed by atoms with van der Waals surface area (Å²) in [6.07, 6.45) is 0. The van der Waals surface area contributed by atoms with Crippen LogP contribution in [0, 0.1) is 0 Å². The second-order valence-corrected chi connectivity index (χ2v) is 8.48. The first-order valence-electron chi connectivity index (χ1n) is 4.95. The summed E-state index contributed by atoms with van der Waals surface area (Å²) in [5.74, 6) is 0.223. The minimum atomic E-state index is -1.09. The molecule has 17 heavy (non-hydrogen) atoms. The number of phenols is 2. The van der Waals surface area contributed by atoms with Gasteiger partial charge >= 0.3 is 111 Å². The molecule has 0 saturated heterocycles. The molecule has 0 atom stereocenters. The zero-order valence-corrected chi connectivity index (χ0v) is 12.4. The van der Waals surface area contributed by atoms with E-state index in [2.05, 4.69) is 0 Å². The van der Waals surface area contributed by atoms with E-state index in [4.69, 9.17) is 11.5 Å². The van der Waals surface area contributed by atoms with Crippen LogP contribution in [0.15, 0.2) is 36.4 Å². The first-order chi connectivity index (χ1) is 8.06. The molecule has 87 valence electrons. The Morgan fingerprint density at radius 2 is 1.18 bits per heavy atom. The molecule has 0 aliphatic heterocycles. The Hall–Kier alpha value is -1.48. The van der Waals surface area contributed by atoms with Gasteiger partial charge in [-0.3, -0.25) is 0 Å². The van der Waals surface area contributed by atoms with Crippen molar-refractivity contribution in [2.45, 2.75) is 0 Å². The third-order valence-electron chi connectivity index (χ3n) is 2.28. The molecule has 0 spiro atoms. The van der Waals surface area contributed by atoms with E-state index in [0.717, 1.165) is 6.54 Å². The van der Waals surface area contributed by atoms with Crippen molar-refractivity contribution in [3.63, 3.8) is 0 Å². The van der Waals surface area contributed by atoms with Crippen molar-refractivity contribution >= 4 is 41.2 Å². The van der Waals surface area contributed by atoms with Gasteiger partial charge in [-0.05, 0) is 0 Å². The summed E-state index contributed by atoms with van der Waals surface area (Å²) in [6.45, 7) is 0. The molecule has 6 N–H and O–H groups in total. The zero-order chi connectivity index (χ0) is 12.4. The van der Waals surface area contributed by atoms with E-state index in [9.17, 15) is 10.2 Å². The van der Waals surface area contributed by atoms with E-state index < -0.39 is 23.2 Å². The second-order valence-electron chi connectivity index (χ2n) is 3.60. The number of aromatic hydroxyl groups is 2. The number of nitrogens with two attached hydrogens (primary N) is 2. The third kappa shape index (κ3) is 2.80. The monoisotopic (exact) mass is 425 g/mol. The third-order valence-corrected chi connectivity index (χ3v) is 6.45. The number of hydrogen-bond acceptors (Lipinski definition) is 4. The van der Waals surface area contributed by atoms with Crippen LogP contribution in [0.1, 0.15) is 0 Å². The molecule has 5 heteroatoms. The average Bonchev–Trinajstić information content (AvgIpc) is 2.29. The van der Waals surface area contributed by atoms with E-state index in [1.54, 1.807) is 24.3 Å². The molecule has 2 rings (SSSR count). The van der Waals surface area contributed by atoms with Crippen LogP contribution < -0.4 is 18.0 Å². The zero-order valence-electron chi connectivity index (χ0n) is 8.96. The molecule has 0 fully saturated rings. The number of anilines is 2. The molecule has 0 aromatic heterocycles. The summed E-state index contributed by atoms with van der Waals surface area (Å²) in [5.41, 5.74) is 12.1. The first-order valence-corrected chi connectivity index (χ1v) is 8.42. The average molecular weight is 425 g/mol. The van der Waals surface area contributed by atoms with Crippen LogP contribution in [0.3, 0.4) is 0 Å². The van der Waals surface area contributed by atoms with Crippen molar-refractivity contribution in [2.75, 3.05) is 11.5 Å². The van der Waals surface area contributed by atoms with Crippen molar-refractivity contribution in [3.05, 3.63) is 36.4 Å².